The van der Waals surface area contributed by atoms with Gasteiger partial charge in [-0.05, 0) is 29.9 Å². The molecule has 136 valence electrons. The van der Waals surface area contributed by atoms with Crippen LogP contribution in [-0.4, -0.2) is 31.1 Å². The van der Waals surface area contributed by atoms with Gasteiger partial charge in [-0.2, -0.15) is 0 Å². The molecule has 0 radical (unpaired) electrons. The number of amides is 2. The minimum Gasteiger partial charge on any atom is -0.356 e. The lowest BCUT2D eigenvalue weighted by molar-refractivity contribution is -0.148. The van der Waals surface area contributed by atoms with Crippen molar-refractivity contribution in [1.82, 2.24) is 10.6 Å². The van der Waals surface area contributed by atoms with E-state index in [1.807, 2.05) is 18.2 Å². The van der Waals surface area contributed by atoms with Crippen molar-refractivity contribution in [3.8, 4) is 0 Å². The van der Waals surface area contributed by atoms with Crippen LogP contribution in [0.25, 0.3) is 0 Å². The Bertz CT molecular complexity index is 643. The van der Waals surface area contributed by atoms with E-state index in [2.05, 4.69) is 17.6 Å². The molecule has 5 nitrogen and oxygen atoms in total. The minimum atomic E-state index is -0.773. The zero-order valence-electron chi connectivity index (χ0n) is 14.5. The van der Waals surface area contributed by atoms with Crippen LogP contribution < -0.4 is 10.6 Å². The largest absolute Gasteiger partial charge is 0.356 e. The molecule has 2 amide bonds. The Labute approximate surface area is 153 Å². The van der Waals surface area contributed by atoms with Crippen molar-refractivity contribution in [1.29, 1.82) is 0 Å². The zero-order valence-corrected chi connectivity index (χ0v) is 15.3. The first-order valence-electron chi connectivity index (χ1n) is 8.92. The predicted octanol–water partition coefficient (Wildman–Crippen LogP) is 2.98. The fourth-order valence-corrected chi connectivity index (χ4v) is 3.98. The fourth-order valence-electron chi connectivity index (χ4n) is 3.73. The van der Waals surface area contributed by atoms with Gasteiger partial charge in [0.2, 0.25) is 5.91 Å². The molecule has 25 heavy (non-hydrogen) atoms. The maximum atomic E-state index is 12.8. The molecule has 1 saturated carbocycles. The molecule has 1 aromatic rings. The van der Waals surface area contributed by atoms with E-state index in [4.69, 9.17) is 16.3 Å². The Morgan fingerprint density at radius 1 is 1.32 bits per heavy atom. The third-order valence-electron chi connectivity index (χ3n) is 5.26. The van der Waals surface area contributed by atoms with Gasteiger partial charge in [0.1, 0.15) is 6.61 Å². The van der Waals surface area contributed by atoms with Crippen molar-refractivity contribution in [3.05, 3.63) is 34.9 Å². The Morgan fingerprint density at radius 3 is 2.76 bits per heavy atom. The van der Waals surface area contributed by atoms with Gasteiger partial charge in [-0.15, -0.1) is 0 Å². The maximum Gasteiger partial charge on any atom is 0.251 e. The Hall–Kier alpha value is -1.59. The Balaban J connectivity index is 1.70. The highest BCUT2D eigenvalue weighted by molar-refractivity contribution is 6.31. The second-order valence-electron chi connectivity index (χ2n) is 7.39. The molecule has 0 aromatic heterocycles. The molecule has 0 bridgehead atoms. The number of benzene rings is 1. The molecule has 1 aliphatic heterocycles. The van der Waals surface area contributed by atoms with Crippen molar-refractivity contribution >= 4 is 23.4 Å². The fraction of sp³-hybridized carbons (Fsp3) is 0.579. The smallest absolute Gasteiger partial charge is 0.251 e. The minimum absolute atomic E-state index is 0.115. The van der Waals surface area contributed by atoms with Gasteiger partial charge in [0, 0.05) is 11.6 Å². The Kier molecular flexibility index (Phi) is 5.64. The quantitative estimate of drug-likeness (QED) is 0.863. The standard InChI is InChI=1S/C19H25ClN2O3/c1-19(9-5-2-6-10-19)12-21-18(24)17-16(22-15(23)11-25-17)13-7-3-4-8-14(13)20/h3-4,7-8,16-17H,2,5-6,9-12H2,1H3,(H,21,24)(H,22,23). The molecular formula is C19H25ClN2O3. The van der Waals surface area contributed by atoms with E-state index in [1.54, 1.807) is 6.07 Å². The lowest BCUT2D eigenvalue weighted by Crippen LogP contribution is -2.53. The molecule has 1 heterocycles. The normalized spacial score (nSPS) is 25.9. The van der Waals surface area contributed by atoms with Gasteiger partial charge in [-0.25, -0.2) is 0 Å². The van der Waals surface area contributed by atoms with Crippen LogP contribution in [0.15, 0.2) is 24.3 Å². The van der Waals surface area contributed by atoms with Gasteiger partial charge in [0.05, 0.1) is 6.04 Å². The SMILES string of the molecule is CC1(CNC(=O)C2OCC(=O)NC2c2ccccc2Cl)CCCCC1. The Morgan fingerprint density at radius 2 is 2.04 bits per heavy atom. The number of morpholine rings is 1. The number of carbonyl (C=O) groups excluding carboxylic acids is 2. The van der Waals surface area contributed by atoms with Gasteiger partial charge in [0.25, 0.3) is 5.91 Å². The van der Waals surface area contributed by atoms with Crippen LogP contribution in [0, 0.1) is 5.41 Å². The van der Waals surface area contributed by atoms with Crippen molar-refractivity contribution in [2.75, 3.05) is 13.2 Å². The summed E-state index contributed by atoms with van der Waals surface area (Å²) in [4.78, 5) is 24.5. The number of hydrogen-bond donors (Lipinski definition) is 2. The summed E-state index contributed by atoms with van der Waals surface area (Å²) in [6, 6.07) is 6.63. The summed E-state index contributed by atoms with van der Waals surface area (Å²) >= 11 is 6.26. The summed E-state index contributed by atoms with van der Waals surface area (Å²) in [6.45, 7) is 2.74. The summed E-state index contributed by atoms with van der Waals surface area (Å²) in [5.41, 5.74) is 0.840. The van der Waals surface area contributed by atoms with Gasteiger partial charge < -0.3 is 15.4 Å². The lowest BCUT2D eigenvalue weighted by atomic mass is 9.75. The molecule has 1 saturated heterocycles. The van der Waals surface area contributed by atoms with Crippen LogP contribution in [0.1, 0.15) is 50.6 Å². The summed E-state index contributed by atoms with van der Waals surface area (Å²) in [5.74, 6) is -0.440. The van der Waals surface area contributed by atoms with E-state index >= 15 is 0 Å². The van der Waals surface area contributed by atoms with E-state index in [-0.39, 0.29) is 23.8 Å². The average molecular weight is 365 g/mol. The van der Waals surface area contributed by atoms with Crippen molar-refractivity contribution in [3.63, 3.8) is 0 Å². The second-order valence-corrected chi connectivity index (χ2v) is 7.79. The van der Waals surface area contributed by atoms with E-state index < -0.39 is 12.1 Å². The van der Waals surface area contributed by atoms with Crippen LogP contribution in [-0.2, 0) is 14.3 Å². The molecule has 2 fully saturated rings. The summed E-state index contributed by atoms with van der Waals surface area (Å²) in [7, 11) is 0. The lowest BCUT2D eigenvalue weighted by Gasteiger charge is -2.36. The summed E-state index contributed by atoms with van der Waals surface area (Å²) in [5, 5.41) is 6.39. The van der Waals surface area contributed by atoms with Gasteiger partial charge >= 0.3 is 0 Å². The number of rotatable bonds is 4. The number of hydrogen-bond acceptors (Lipinski definition) is 3. The highest BCUT2D eigenvalue weighted by Gasteiger charge is 2.38. The highest BCUT2D eigenvalue weighted by Crippen LogP contribution is 2.35. The summed E-state index contributed by atoms with van der Waals surface area (Å²) in [6.07, 6.45) is 5.18. The molecule has 2 aliphatic rings. The maximum absolute atomic E-state index is 12.8. The molecule has 1 aromatic carbocycles. The topological polar surface area (TPSA) is 67.4 Å². The summed E-state index contributed by atoms with van der Waals surface area (Å²) < 4.78 is 5.56. The molecule has 2 unspecified atom stereocenters. The molecular weight excluding hydrogens is 340 g/mol. The average Bonchev–Trinajstić information content (AvgIpc) is 2.61. The van der Waals surface area contributed by atoms with Crippen molar-refractivity contribution in [2.45, 2.75) is 51.2 Å². The molecule has 6 heteroatoms. The molecule has 2 atom stereocenters. The number of carbonyl (C=O) groups is 2. The third-order valence-corrected chi connectivity index (χ3v) is 5.61. The second kappa shape index (κ2) is 7.75. The molecule has 0 spiro atoms. The predicted molar refractivity (Wildman–Crippen MR) is 96.3 cm³/mol. The van der Waals surface area contributed by atoms with Crippen molar-refractivity contribution in [2.24, 2.45) is 5.41 Å². The molecule has 2 N–H and O–H groups in total. The first-order chi connectivity index (χ1) is 12.0. The first-order valence-corrected chi connectivity index (χ1v) is 9.29. The number of ether oxygens (including phenoxy) is 1. The van der Waals surface area contributed by atoms with Crippen LogP contribution in [0.5, 0.6) is 0 Å². The van der Waals surface area contributed by atoms with Crippen LogP contribution in [0.3, 0.4) is 0 Å². The monoisotopic (exact) mass is 364 g/mol. The first kappa shape index (κ1) is 18.2. The van der Waals surface area contributed by atoms with Crippen LogP contribution in [0.2, 0.25) is 5.02 Å². The van der Waals surface area contributed by atoms with Crippen LogP contribution in [0.4, 0.5) is 0 Å². The van der Waals surface area contributed by atoms with Gasteiger partial charge in [0.15, 0.2) is 6.10 Å². The molecule has 1 aliphatic carbocycles. The van der Waals surface area contributed by atoms with Gasteiger partial charge in [-0.1, -0.05) is 56.0 Å². The van der Waals surface area contributed by atoms with E-state index in [1.165, 1.54) is 19.3 Å². The van der Waals surface area contributed by atoms with E-state index in [9.17, 15) is 9.59 Å². The van der Waals surface area contributed by atoms with Crippen molar-refractivity contribution < 1.29 is 14.3 Å². The highest BCUT2D eigenvalue weighted by atomic mass is 35.5. The van der Waals surface area contributed by atoms with Crippen LogP contribution >= 0.6 is 11.6 Å². The number of nitrogens with one attached hydrogen (secondary N) is 2. The molecule has 3 rings (SSSR count). The third kappa shape index (κ3) is 4.33. The van der Waals surface area contributed by atoms with E-state index in [0.29, 0.717) is 17.1 Å². The number of halogens is 1. The van der Waals surface area contributed by atoms with E-state index in [0.717, 1.165) is 12.8 Å². The van der Waals surface area contributed by atoms with Gasteiger partial charge in [-0.3, -0.25) is 9.59 Å². The zero-order chi connectivity index (χ0) is 17.9.